The van der Waals surface area contributed by atoms with Crippen LogP contribution in [0.4, 0.5) is 0 Å². The largest absolute Gasteiger partial charge is 0.375 e. The predicted molar refractivity (Wildman–Crippen MR) is 62.8 cm³/mol. The highest BCUT2D eigenvalue weighted by atomic mass is 32.1. The molecule has 16 heavy (non-hydrogen) atoms. The molecule has 0 aromatic carbocycles. The maximum absolute atomic E-state index is 12.3. The van der Waals surface area contributed by atoms with Crippen LogP contribution in [0.1, 0.15) is 29.2 Å². The zero-order valence-corrected chi connectivity index (χ0v) is 10.6. The molecule has 0 unspecified atom stereocenters. The number of thiazole rings is 1. The monoisotopic (exact) mass is 240 g/mol. The van der Waals surface area contributed by atoms with Gasteiger partial charge in [0.1, 0.15) is 4.88 Å². The third-order valence-electron chi connectivity index (χ3n) is 2.81. The van der Waals surface area contributed by atoms with Crippen molar-refractivity contribution in [3.8, 4) is 0 Å². The second kappa shape index (κ2) is 4.51. The van der Waals surface area contributed by atoms with E-state index in [-0.39, 0.29) is 18.1 Å². The summed E-state index contributed by atoms with van der Waals surface area (Å²) in [5.41, 5.74) is 2.54. The van der Waals surface area contributed by atoms with Crippen LogP contribution in [0.15, 0.2) is 5.51 Å². The zero-order valence-electron chi connectivity index (χ0n) is 9.77. The van der Waals surface area contributed by atoms with Crippen molar-refractivity contribution in [3.63, 3.8) is 0 Å². The number of ether oxygens (including phenoxy) is 1. The molecule has 2 heterocycles. The number of nitrogens with zero attached hydrogens (tertiary/aromatic N) is 2. The number of aromatic nitrogens is 1. The van der Waals surface area contributed by atoms with Crippen molar-refractivity contribution in [2.24, 2.45) is 0 Å². The Morgan fingerprint density at radius 2 is 2.38 bits per heavy atom. The lowest BCUT2D eigenvalue weighted by Gasteiger charge is -2.36. The minimum absolute atomic E-state index is 0.0858. The molecule has 1 aromatic rings. The second-order valence-electron chi connectivity index (χ2n) is 4.22. The highest BCUT2D eigenvalue weighted by Crippen LogP contribution is 2.19. The maximum atomic E-state index is 12.3. The second-order valence-corrected chi connectivity index (χ2v) is 5.07. The van der Waals surface area contributed by atoms with Gasteiger partial charge in [-0.2, -0.15) is 0 Å². The Balaban J connectivity index is 2.18. The molecule has 2 atom stereocenters. The lowest BCUT2D eigenvalue weighted by molar-refractivity contribution is -0.0385. The molecular formula is C11H16N2O2S. The lowest BCUT2D eigenvalue weighted by Crippen LogP contribution is -2.50. The molecule has 1 aliphatic rings. The Bertz CT molecular complexity index is 391. The van der Waals surface area contributed by atoms with Crippen LogP contribution in [0, 0.1) is 6.92 Å². The molecule has 0 saturated carbocycles. The van der Waals surface area contributed by atoms with Crippen LogP contribution >= 0.6 is 11.3 Å². The fourth-order valence-corrected chi connectivity index (χ4v) is 2.58. The molecule has 5 heteroatoms. The summed E-state index contributed by atoms with van der Waals surface area (Å²) in [7, 11) is 0. The van der Waals surface area contributed by atoms with Crippen molar-refractivity contribution in [3.05, 3.63) is 16.1 Å². The minimum Gasteiger partial charge on any atom is -0.375 e. The predicted octanol–water partition coefficient (Wildman–Crippen LogP) is 1.70. The smallest absolute Gasteiger partial charge is 0.266 e. The van der Waals surface area contributed by atoms with Crippen LogP contribution in [0.3, 0.4) is 0 Å². The molecule has 1 fully saturated rings. The molecule has 0 aliphatic carbocycles. The van der Waals surface area contributed by atoms with Gasteiger partial charge >= 0.3 is 0 Å². The Kier molecular flexibility index (Phi) is 3.25. The summed E-state index contributed by atoms with van der Waals surface area (Å²) in [6.45, 7) is 7.16. The van der Waals surface area contributed by atoms with Gasteiger partial charge in [-0.15, -0.1) is 11.3 Å². The first-order valence-corrected chi connectivity index (χ1v) is 6.30. The molecule has 1 amide bonds. The summed E-state index contributed by atoms with van der Waals surface area (Å²) in [6, 6.07) is 0.144. The molecule has 0 bridgehead atoms. The van der Waals surface area contributed by atoms with E-state index in [2.05, 4.69) is 4.98 Å². The van der Waals surface area contributed by atoms with Gasteiger partial charge in [-0.1, -0.05) is 0 Å². The highest BCUT2D eigenvalue weighted by Gasteiger charge is 2.29. The van der Waals surface area contributed by atoms with Gasteiger partial charge in [0.25, 0.3) is 5.91 Å². The molecule has 2 rings (SSSR count). The Labute approximate surface area is 99.2 Å². The molecule has 0 N–H and O–H groups in total. The normalized spacial score (nSPS) is 25.8. The van der Waals surface area contributed by atoms with Crippen LogP contribution < -0.4 is 0 Å². The molecular weight excluding hydrogens is 224 g/mol. The van der Waals surface area contributed by atoms with Gasteiger partial charge in [0, 0.05) is 6.54 Å². The van der Waals surface area contributed by atoms with Crippen molar-refractivity contribution >= 4 is 17.2 Å². The lowest BCUT2D eigenvalue weighted by atomic mass is 10.2. The van der Waals surface area contributed by atoms with Crippen LogP contribution in [0.25, 0.3) is 0 Å². The fourth-order valence-electron chi connectivity index (χ4n) is 1.82. The van der Waals surface area contributed by atoms with Gasteiger partial charge in [-0.3, -0.25) is 4.79 Å². The number of amides is 1. The molecule has 88 valence electrons. The summed E-state index contributed by atoms with van der Waals surface area (Å²) >= 11 is 1.41. The quantitative estimate of drug-likeness (QED) is 0.750. The van der Waals surface area contributed by atoms with E-state index >= 15 is 0 Å². The third kappa shape index (κ3) is 2.10. The standard InChI is InChI=1S/C11H16N2O2S/c1-7-5-15-8(2)4-13(7)11(14)10-9(3)12-6-16-10/h6-8H,4-5H2,1-3H3/t7-,8-/m1/s1. The van der Waals surface area contributed by atoms with Crippen LogP contribution in [-0.2, 0) is 4.74 Å². The van der Waals surface area contributed by atoms with Crippen molar-refractivity contribution in [1.82, 2.24) is 9.88 Å². The summed E-state index contributed by atoms with van der Waals surface area (Å²) in [6.07, 6.45) is 0.119. The molecule has 0 radical (unpaired) electrons. The van der Waals surface area contributed by atoms with Crippen molar-refractivity contribution in [1.29, 1.82) is 0 Å². The molecule has 1 aromatic heterocycles. The van der Waals surface area contributed by atoms with Crippen LogP contribution in [-0.4, -0.2) is 41.1 Å². The summed E-state index contributed by atoms with van der Waals surface area (Å²) in [5, 5.41) is 0. The highest BCUT2D eigenvalue weighted by molar-refractivity contribution is 7.11. The maximum Gasteiger partial charge on any atom is 0.266 e. The van der Waals surface area contributed by atoms with E-state index in [1.54, 1.807) is 5.51 Å². The molecule has 1 aliphatic heterocycles. The summed E-state index contributed by atoms with van der Waals surface area (Å²) in [4.78, 5) is 19.0. The molecule has 4 nitrogen and oxygen atoms in total. The van der Waals surface area contributed by atoms with Gasteiger partial charge in [0.15, 0.2) is 0 Å². The number of rotatable bonds is 1. The van der Waals surface area contributed by atoms with E-state index in [9.17, 15) is 4.79 Å². The SMILES string of the molecule is Cc1ncsc1C(=O)N1C[C@@H](C)OC[C@H]1C. The number of hydrogen-bond donors (Lipinski definition) is 0. The van der Waals surface area contributed by atoms with Crippen molar-refractivity contribution in [2.45, 2.75) is 32.9 Å². The van der Waals surface area contributed by atoms with Gasteiger partial charge in [-0.05, 0) is 20.8 Å². The van der Waals surface area contributed by atoms with Gasteiger partial charge < -0.3 is 9.64 Å². The fraction of sp³-hybridized carbons (Fsp3) is 0.636. The van der Waals surface area contributed by atoms with Gasteiger partial charge in [-0.25, -0.2) is 4.98 Å². The van der Waals surface area contributed by atoms with Crippen molar-refractivity contribution < 1.29 is 9.53 Å². The summed E-state index contributed by atoms with van der Waals surface area (Å²) in [5.74, 6) is 0.0858. The van der Waals surface area contributed by atoms with Crippen LogP contribution in [0.5, 0.6) is 0 Å². The van der Waals surface area contributed by atoms with Crippen molar-refractivity contribution in [2.75, 3.05) is 13.2 Å². The third-order valence-corrected chi connectivity index (χ3v) is 3.72. The topological polar surface area (TPSA) is 42.4 Å². The number of hydrogen-bond acceptors (Lipinski definition) is 4. The van der Waals surface area contributed by atoms with Gasteiger partial charge in [0.05, 0.1) is 30.0 Å². The van der Waals surface area contributed by atoms with E-state index in [0.29, 0.717) is 13.2 Å². The Morgan fingerprint density at radius 1 is 1.62 bits per heavy atom. The molecule has 0 spiro atoms. The summed E-state index contributed by atoms with van der Waals surface area (Å²) < 4.78 is 5.51. The number of morpholine rings is 1. The first-order chi connectivity index (χ1) is 7.59. The first kappa shape index (κ1) is 11.5. The van der Waals surface area contributed by atoms with Crippen LogP contribution in [0.2, 0.25) is 0 Å². The van der Waals surface area contributed by atoms with E-state index < -0.39 is 0 Å². The van der Waals surface area contributed by atoms with E-state index in [4.69, 9.17) is 4.74 Å². The minimum atomic E-state index is 0.0858. The van der Waals surface area contributed by atoms with E-state index in [0.717, 1.165) is 10.6 Å². The van der Waals surface area contributed by atoms with Gasteiger partial charge in [0.2, 0.25) is 0 Å². The average molecular weight is 240 g/mol. The average Bonchev–Trinajstić information content (AvgIpc) is 2.67. The zero-order chi connectivity index (χ0) is 11.7. The Hall–Kier alpha value is -0.940. The van der Waals surface area contributed by atoms with E-state index in [1.807, 2.05) is 25.7 Å². The first-order valence-electron chi connectivity index (χ1n) is 5.42. The number of aryl methyl sites for hydroxylation is 1. The molecule has 1 saturated heterocycles. The number of carbonyl (C=O) groups is 1. The Morgan fingerprint density at radius 3 is 3.00 bits per heavy atom. The number of carbonyl (C=O) groups excluding carboxylic acids is 1. The van der Waals surface area contributed by atoms with E-state index in [1.165, 1.54) is 11.3 Å².